The SMILES string of the molecule is CC(C)N(Cc1ccc(F)c(B(O)O)c1)CC(F)(F)F. The molecule has 0 aliphatic rings. The first-order valence-corrected chi connectivity index (χ1v) is 6.05. The largest absolute Gasteiger partial charge is 0.491 e. The van der Waals surface area contributed by atoms with Crippen LogP contribution >= 0.6 is 0 Å². The van der Waals surface area contributed by atoms with Gasteiger partial charge in [-0.1, -0.05) is 12.1 Å². The summed E-state index contributed by atoms with van der Waals surface area (Å²) in [7, 11) is -2.00. The van der Waals surface area contributed by atoms with E-state index in [2.05, 4.69) is 0 Å². The van der Waals surface area contributed by atoms with Crippen LogP contribution in [0.4, 0.5) is 17.6 Å². The van der Waals surface area contributed by atoms with Crippen molar-refractivity contribution in [2.45, 2.75) is 32.6 Å². The molecule has 1 aromatic carbocycles. The van der Waals surface area contributed by atoms with E-state index < -0.39 is 25.7 Å². The van der Waals surface area contributed by atoms with Gasteiger partial charge in [0.15, 0.2) is 0 Å². The van der Waals surface area contributed by atoms with Crippen molar-refractivity contribution >= 4 is 12.6 Å². The smallest absolute Gasteiger partial charge is 0.423 e. The number of rotatable bonds is 5. The Kier molecular flexibility index (Phi) is 5.55. The lowest BCUT2D eigenvalue weighted by Crippen LogP contribution is -2.39. The van der Waals surface area contributed by atoms with Crippen molar-refractivity contribution in [2.75, 3.05) is 6.54 Å². The summed E-state index contributed by atoms with van der Waals surface area (Å²) in [5.41, 5.74) is 0.0330. The van der Waals surface area contributed by atoms with Crippen LogP contribution in [0.2, 0.25) is 0 Å². The molecule has 0 heterocycles. The minimum Gasteiger partial charge on any atom is -0.423 e. The third kappa shape index (κ3) is 5.11. The van der Waals surface area contributed by atoms with Gasteiger partial charge in [-0.15, -0.1) is 0 Å². The standard InChI is InChI=1S/C12H16BF4NO2/c1-8(2)18(7-12(15,16)17)6-9-3-4-11(14)10(5-9)13(19)20/h3-5,8,19-20H,6-7H2,1-2H3. The van der Waals surface area contributed by atoms with Crippen molar-refractivity contribution in [1.82, 2.24) is 4.90 Å². The molecule has 0 saturated carbocycles. The molecule has 2 N–H and O–H groups in total. The van der Waals surface area contributed by atoms with Gasteiger partial charge in [-0.25, -0.2) is 4.39 Å². The van der Waals surface area contributed by atoms with Gasteiger partial charge in [-0.2, -0.15) is 13.2 Å². The van der Waals surface area contributed by atoms with Crippen LogP contribution in [0.25, 0.3) is 0 Å². The third-order valence-electron chi connectivity index (χ3n) is 2.84. The van der Waals surface area contributed by atoms with Crippen LogP contribution in [-0.2, 0) is 6.54 Å². The maximum absolute atomic E-state index is 13.3. The highest BCUT2D eigenvalue weighted by atomic mass is 19.4. The van der Waals surface area contributed by atoms with Crippen LogP contribution in [0.15, 0.2) is 18.2 Å². The van der Waals surface area contributed by atoms with Gasteiger partial charge in [0, 0.05) is 18.0 Å². The molecule has 0 atom stereocenters. The average molecular weight is 293 g/mol. The first kappa shape index (κ1) is 16.9. The Bertz CT molecular complexity index is 452. The van der Waals surface area contributed by atoms with Crippen molar-refractivity contribution < 1.29 is 27.6 Å². The third-order valence-corrected chi connectivity index (χ3v) is 2.84. The van der Waals surface area contributed by atoms with Crippen molar-refractivity contribution in [3.8, 4) is 0 Å². The van der Waals surface area contributed by atoms with Gasteiger partial charge in [0.1, 0.15) is 5.82 Å². The van der Waals surface area contributed by atoms with Crippen molar-refractivity contribution in [3.63, 3.8) is 0 Å². The second kappa shape index (κ2) is 6.56. The Hall–Kier alpha value is -1.12. The zero-order valence-electron chi connectivity index (χ0n) is 11.2. The molecule has 1 aromatic rings. The highest BCUT2D eigenvalue weighted by Crippen LogP contribution is 2.19. The summed E-state index contributed by atoms with van der Waals surface area (Å²) in [6, 6.07) is 3.14. The van der Waals surface area contributed by atoms with Crippen molar-refractivity contribution in [3.05, 3.63) is 29.6 Å². The summed E-state index contributed by atoms with van der Waals surface area (Å²) in [6.45, 7) is 2.10. The lowest BCUT2D eigenvalue weighted by atomic mass is 9.79. The molecule has 112 valence electrons. The molecule has 0 spiro atoms. The van der Waals surface area contributed by atoms with Crippen LogP contribution in [0.1, 0.15) is 19.4 Å². The first-order chi connectivity index (χ1) is 9.10. The molecule has 0 radical (unpaired) electrons. The second-order valence-electron chi connectivity index (χ2n) is 4.84. The highest BCUT2D eigenvalue weighted by molar-refractivity contribution is 6.58. The Morgan fingerprint density at radius 2 is 1.85 bits per heavy atom. The summed E-state index contributed by atoms with van der Waals surface area (Å²) in [4.78, 5) is 1.17. The average Bonchev–Trinajstić information content (AvgIpc) is 2.28. The Morgan fingerprint density at radius 1 is 1.25 bits per heavy atom. The Labute approximate surface area is 115 Å². The highest BCUT2D eigenvalue weighted by Gasteiger charge is 2.31. The number of hydrogen-bond donors (Lipinski definition) is 2. The van der Waals surface area contributed by atoms with E-state index in [1.807, 2.05) is 0 Å². The second-order valence-corrected chi connectivity index (χ2v) is 4.84. The molecule has 0 bridgehead atoms. The zero-order chi connectivity index (χ0) is 15.5. The number of benzene rings is 1. The quantitative estimate of drug-likeness (QED) is 0.635. The van der Waals surface area contributed by atoms with E-state index in [-0.39, 0.29) is 18.0 Å². The summed E-state index contributed by atoms with van der Waals surface area (Å²) < 4.78 is 50.7. The van der Waals surface area contributed by atoms with Gasteiger partial charge in [-0.3, -0.25) is 4.90 Å². The fourth-order valence-electron chi connectivity index (χ4n) is 1.78. The van der Waals surface area contributed by atoms with Gasteiger partial charge in [-0.05, 0) is 25.5 Å². The Morgan fingerprint density at radius 3 is 2.30 bits per heavy atom. The summed E-state index contributed by atoms with van der Waals surface area (Å²) >= 11 is 0. The molecule has 3 nitrogen and oxygen atoms in total. The molecule has 0 unspecified atom stereocenters. The fourth-order valence-corrected chi connectivity index (χ4v) is 1.78. The minimum absolute atomic E-state index is 0.0584. The predicted octanol–water partition coefficient (Wildman–Crippen LogP) is 1.28. The van der Waals surface area contributed by atoms with Gasteiger partial charge in [0.2, 0.25) is 0 Å². The predicted molar refractivity (Wildman–Crippen MR) is 67.8 cm³/mol. The number of alkyl halides is 3. The lowest BCUT2D eigenvalue weighted by molar-refractivity contribution is -0.150. The molecule has 0 amide bonds. The summed E-state index contributed by atoms with van der Waals surface area (Å²) in [5.74, 6) is -0.810. The van der Waals surface area contributed by atoms with Gasteiger partial charge in [0.05, 0.1) is 6.54 Å². The van der Waals surface area contributed by atoms with Crippen LogP contribution in [-0.4, -0.2) is 40.8 Å². The topological polar surface area (TPSA) is 43.7 Å². The monoisotopic (exact) mass is 293 g/mol. The zero-order valence-corrected chi connectivity index (χ0v) is 11.2. The summed E-state index contributed by atoms with van der Waals surface area (Å²) in [5, 5.41) is 18.0. The number of hydrogen-bond acceptors (Lipinski definition) is 3. The molecule has 0 aliphatic heterocycles. The maximum atomic E-state index is 13.3. The van der Waals surface area contributed by atoms with Crippen LogP contribution < -0.4 is 5.46 Å². The van der Waals surface area contributed by atoms with Gasteiger partial charge >= 0.3 is 13.3 Å². The van der Waals surface area contributed by atoms with Gasteiger partial charge in [0.25, 0.3) is 0 Å². The number of nitrogens with zero attached hydrogens (tertiary/aromatic N) is 1. The minimum atomic E-state index is -4.33. The molecular weight excluding hydrogens is 277 g/mol. The molecule has 1 rings (SSSR count). The molecular formula is C12H16BF4NO2. The Balaban J connectivity index is 2.92. The van der Waals surface area contributed by atoms with E-state index in [4.69, 9.17) is 10.0 Å². The van der Waals surface area contributed by atoms with E-state index in [0.717, 1.165) is 12.1 Å². The molecule has 0 aromatic heterocycles. The van der Waals surface area contributed by atoms with E-state index in [1.54, 1.807) is 13.8 Å². The van der Waals surface area contributed by atoms with Crippen LogP contribution in [0.5, 0.6) is 0 Å². The lowest BCUT2D eigenvalue weighted by Gasteiger charge is -2.27. The van der Waals surface area contributed by atoms with E-state index >= 15 is 0 Å². The van der Waals surface area contributed by atoms with Crippen molar-refractivity contribution in [1.29, 1.82) is 0 Å². The first-order valence-electron chi connectivity index (χ1n) is 6.05. The normalized spacial score (nSPS) is 12.3. The maximum Gasteiger partial charge on any atom is 0.491 e. The molecule has 20 heavy (non-hydrogen) atoms. The molecule has 0 fully saturated rings. The molecule has 8 heteroatoms. The van der Waals surface area contributed by atoms with E-state index in [9.17, 15) is 17.6 Å². The van der Waals surface area contributed by atoms with Crippen molar-refractivity contribution in [2.24, 2.45) is 0 Å². The van der Waals surface area contributed by atoms with Gasteiger partial charge < -0.3 is 10.0 Å². The van der Waals surface area contributed by atoms with Crippen LogP contribution in [0.3, 0.4) is 0 Å². The number of halogens is 4. The fraction of sp³-hybridized carbons (Fsp3) is 0.500. The van der Waals surface area contributed by atoms with Crippen LogP contribution in [0, 0.1) is 5.82 Å². The molecule has 0 saturated heterocycles. The molecule has 0 aliphatic carbocycles. The van der Waals surface area contributed by atoms with E-state index in [1.165, 1.54) is 11.0 Å². The van der Waals surface area contributed by atoms with E-state index in [0.29, 0.717) is 5.56 Å². The summed E-state index contributed by atoms with van der Waals surface area (Å²) in [6.07, 6.45) is -4.33.